The summed E-state index contributed by atoms with van der Waals surface area (Å²) in [6, 6.07) is 18.5. The van der Waals surface area contributed by atoms with Crippen LogP contribution in [0.3, 0.4) is 0 Å². The van der Waals surface area contributed by atoms with Gasteiger partial charge in [0.1, 0.15) is 0 Å². The summed E-state index contributed by atoms with van der Waals surface area (Å²) in [6.45, 7) is 7.29. The Morgan fingerprint density at radius 2 is 1.86 bits per heavy atom. The highest BCUT2D eigenvalue weighted by Crippen LogP contribution is 2.53. The maximum absolute atomic E-state index is 10.0. The third-order valence-corrected chi connectivity index (χ3v) is 7.31. The smallest absolute Gasteiger partial charge is 0.0479 e. The van der Waals surface area contributed by atoms with Crippen molar-refractivity contribution in [2.45, 2.75) is 76.2 Å². The lowest BCUT2D eigenvalue weighted by molar-refractivity contribution is 0.160. The first-order chi connectivity index (χ1) is 13.5. The Morgan fingerprint density at radius 3 is 2.57 bits per heavy atom. The molecule has 150 valence electrons. The van der Waals surface area contributed by atoms with E-state index in [1.54, 1.807) is 0 Å². The Kier molecular flexibility index (Phi) is 5.51. The number of aliphatic hydroxyl groups excluding tert-OH is 1. The highest BCUT2D eigenvalue weighted by molar-refractivity contribution is 5.63. The van der Waals surface area contributed by atoms with E-state index in [0.717, 1.165) is 12.8 Å². The normalized spacial score (nSPS) is 26.4. The second-order valence-corrected chi connectivity index (χ2v) is 9.52. The minimum absolute atomic E-state index is 0.204. The zero-order chi connectivity index (χ0) is 19.7. The Labute approximate surface area is 170 Å². The number of hydrogen-bond donors (Lipinski definition) is 2. The second kappa shape index (κ2) is 7.91. The van der Waals surface area contributed by atoms with Gasteiger partial charge < -0.3 is 10.4 Å². The van der Waals surface area contributed by atoms with Crippen LogP contribution in [0.4, 0.5) is 5.69 Å². The van der Waals surface area contributed by atoms with Crippen LogP contribution in [0.15, 0.2) is 48.5 Å². The molecule has 2 nitrogen and oxygen atoms in total. The summed E-state index contributed by atoms with van der Waals surface area (Å²) in [7, 11) is 0. The largest absolute Gasteiger partial charge is 0.396 e. The first kappa shape index (κ1) is 19.5. The van der Waals surface area contributed by atoms with Gasteiger partial charge >= 0.3 is 0 Å². The Morgan fingerprint density at radius 1 is 1.07 bits per heavy atom. The number of unbranched alkanes of at least 4 members (excludes halogenated alkanes) is 1. The van der Waals surface area contributed by atoms with Crippen LogP contribution >= 0.6 is 0 Å². The van der Waals surface area contributed by atoms with Gasteiger partial charge in [0.2, 0.25) is 0 Å². The van der Waals surface area contributed by atoms with Crippen molar-refractivity contribution >= 4 is 5.69 Å². The number of anilines is 1. The van der Waals surface area contributed by atoms with Gasteiger partial charge in [-0.15, -0.1) is 0 Å². The molecule has 2 aliphatic rings. The minimum atomic E-state index is 0.204. The molecule has 1 aliphatic carbocycles. The van der Waals surface area contributed by atoms with E-state index in [2.05, 4.69) is 74.6 Å². The molecule has 1 saturated carbocycles. The summed E-state index contributed by atoms with van der Waals surface area (Å²) < 4.78 is 0. The molecule has 1 fully saturated rings. The van der Waals surface area contributed by atoms with Gasteiger partial charge in [-0.3, -0.25) is 0 Å². The van der Waals surface area contributed by atoms with Gasteiger partial charge in [0.25, 0.3) is 0 Å². The highest BCUT2D eigenvalue weighted by atomic mass is 16.3. The SMILES string of the molecule is CCCCC(C)(C)c1ccc2c(c1)NC1C(CO)CCC(c3ccccc3)C21. The molecule has 2 aromatic carbocycles. The van der Waals surface area contributed by atoms with Crippen molar-refractivity contribution in [3.05, 3.63) is 65.2 Å². The van der Waals surface area contributed by atoms with E-state index < -0.39 is 0 Å². The summed E-state index contributed by atoms with van der Waals surface area (Å²) >= 11 is 0. The molecule has 0 spiro atoms. The number of hydrogen-bond acceptors (Lipinski definition) is 2. The molecule has 4 rings (SSSR count). The molecular weight excluding hydrogens is 342 g/mol. The third-order valence-electron chi connectivity index (χ3n) is 7.31. The molecule has 2 heteroatoms. The van der Waals surface area contributed by atoms with Crippen LogP contribution in [-0.4, -0.2) is 17.8 Å². The third kappa shape index (κ3) is 3.48. The van der Waals surface area contributed by atoms with Crippen molar-refractivity contribution in [3.8, 4) is 0 Å². The number of rotatable bonds is 6. The van der Waals surface area contributed by atoms with Gasteiger partial charge in [-0.25, -0.2) is 0 Å². The number of fused-ring (bicyclic) bond motifs is 3. The first-order valence-corrected chi connectivity index (χ1v) is 11.1. The molecule has 1 aliphatic heterocycles. The fourth-order valence-corrected chi connectivity index (χ4v) is 5.53. The molecule has 2 N–H and O–H groups in total. The quantitative estimate of drug-likeness (QED) is 0.626. The molecule has 4 atom stereocenters. The highest BCUT2D eigenvalue weighted by Gasteiger charge is 2.45. The lowest BCUT2D eigenvalue weighted by Gasteiger charge is -2.39. The molecule has 0 aromatic heterocycles. The van der Waals surface area contributed by atoms with Crippen molar-refractivity contribution < 1.29 is 5.11 Å². The fourth-order valence-electron chi connectivity index (χ4n) is 5.53. The van der Waals surface area contributed by atoms with Crippen molar-refractivity contribution in [1.82, 2.24) is 0 Å². The lowest BCUT2D eigenvalue weighted by Crippen LogP contribution is -2.39. The predicted octanol–water partition coefficient (Wildman–Crippen LogP) is 6.22. The Balaban J connectivity index is 1.69. The van der Waals surface area contributed by atoms with E-state index in [1.807, 2.05) is 0 Å². The fraction of sp³-hybridized carbons (Fsp3) is 0.538. The van der Waals surface area contributed by atoms with Gasteiger partial charge in [0.05, 0.1) is 0 Å². The first-order valence-electron chi connectivity index (χ1n) is 11.1. The average Bonchev–Trinajstić information content (AvgIpc) is 3.11. The van der Waals surface area contributed by atoms with Crippen molar-refractivity contribution in [1.29, 1.82) is 0 Å². The van der Waals surface area contributed by atoms with E-state index in [0.29, 0.717) is 23.8 Å². The molecule has 2 aromatic rings. The second-order valence-electron chi connectivity index (χ2n) is 9.52. The summed E-state index contributed by atoms with van der Waals surface area (Å²) in [5.74, 6) is 1.33. The predicted molar refractivity (Wildman–Crippen MR) is 118 cm³/mol. The van der Waals surface area contributed by atoms with Crippen LogP contribution in [0.25, 0.3) is 0 Å². The average molecular weight is 378 g/mol. The van der Waals surface area contributed by atoms with E-state index in [-0.39, 0.29) is 12.0 Å². The van der Waals surface area contributed by atoms with E-state index in [9.17, 15) is 5.11 Å². The summed E-state index contributed by atoms with van der Waals surface area (Å²) in [6.07, 6.45) is 5.98. The van der Waals surface area contributed by atoms with E-state index in [1.165, 1.54) is 41.6 Å². The van der Waals surface area contributed by atoms with E-state index in [4.69, 9.17) is 0 Å². The molecule has 1 heterocycles. The zero-order valence-electron chi connectivity index (χ0n) is 17.6. The molecule has 28 heavy (non-hydrogen) atoms. The van der Waals surface area contributed by atoms with Crippen molar-refractivity contribution in [3.63, 3.8) is 0 Å². The Bertz CT molecular complexity index is 797. The van der Waals surface area contributed by atoms with Crippen molar-refractivity contribution in [2.75, 3.05) is 11.9 Å². The lowest BCUT2D eigenvalue weighted by atomic mass is 9.67. The Hall–Kier alpha value is -1.80. The molecule has 0 saturated heterocycles. The van der Waals surface area contributed by atoms with Crippen molar-refractivity contribution in [2.24, 2.45) is 5.92 Å². The number of nitrogens with one attached hydrogen (secondary N) is 1. The number of benzene rings is 2. The summed E-state index contributed by atoms with van der Waals surface area (Å²) in [5, 5.41) is 13.9. The van der Waals surface area contributed by atoms with Gasteiger partial charge in [0.15, 0.2) is 0 Å². The zero-order valence-corrected chi connectivity index (χ0v) is 17.6. The molecule has 0 radical (unpaired) electrons. The summed E-state index contributed by atoms with van der Waals surface area (Å²) in [4.78, 5) is 0. The molecular formula is C26H35NO. The molecule has 0 amide bonds. The van der Waals surface area contributed by atoms with Gasteiger partial charge in [-0.2, -0.15) is 0 Å². The van der Waals surface area contributed by atoms with Gasteiger partial charge in [0, 0.05) is 30.2 Å². The summed E-state index contributed by atoms with van der Waals surface area (Å²) in [5.41, 5.74) is 5.83. The molecule has 4 unspecified atom stereocenters. The van der Waals surface area contributed by atoms with E-state index >= 15 is 0 Å². The standard InChI is InChI=1S/C26H35NO/c1-4-5-15-26(2,3)20-12-14-22-23(16-20)27-25-19(17-28)11-13-21(24(22)25)18-9-7-6-8-10-18/h6-10,12,14,16,19,21,24-25,27-28H,4-5,11,13,15,17H2,1-3H3. The molecule has 0 bridgehead atoms. The van der Waals surface area contributed by atoms with Crippen LogP contribution < -0.4 is 5.32 Å². The van der Waals surface area contributed by atoms with Crippen LogP contribution in [0.1, 0.15) is 81.4 Å². The maximum Gasteiger partial charge on any atom is 0.0479 e. The van der Waals surface area contributed by atoms with Gasteiger partial charge in [-0.05, 0) is 53.4 Å². The van der Waals surface area contributed by atoms with Crippen LogP contribution in [0.2, 0.25) is 0 Å². The topological polar surface area (TPSA) is 32.3 Å². The minimum Gasteiger partial charge on any atom is -0.396 e. The van der Waals surface area contributed by atoms with Gasteiger partial charge in [-0.1, -0.05) is 76.1 Å². The maximum atomic E-state index is 10.0. The number of aliphatic hydroxyl groups is 1. The van der Waals surface area contributed by atoms with Crippen LogP contribution in [0, 0.1) is 5.92 Å². The van der Waals surface area contributed by atoms with Crippen LogP contribution in [-0.2, 0) is 5.41 Å². The monoisotopic (exact) mass is 377 g/mol. The van der Waals surface area contributed by atoms with Crippen LogP contribution in [0.5, 0.6) is 0 Å².